The van der Waals surface area contributed by atoms with Crippen LogP contribution in [-0.2, 0) is 11.2 Å². The van der Waals surface area contributed by atoms with E-state index in [0.29, 0.717) is 30.5 Å². The van der Waals surface area contributed by atoms with Crippen molar-refractivity contribution >= 4 is 18.3 Å². The van der Waals surface area contributed by atoms with E-state index in [1.165, 1.54) is 6.42 Å². The Balaban J connectivity index is 0.00000192. The van der Waals surface area contributed by atoms with E-state index in [-0.39, 0.29) is 18.3 Å². The zero-order valence-corrected chi connectivity index (χ0v) is 13.6. The molecule has 7 nitrogen and oxygen atoms in total. The van der Waals surface area contributed by atoms with Gasteiger partial charge in [-0.25, -0.2) is 0 Å². The molecule has 1 amide bonds. The average molecular weight is 341 g/mol. The van der Waals surface area contributed by atoms with Crippen molar-refractivity contribution in [1.29, 1.82) is 0 Å². The molecular formula is C15H21ClN4O3. The first-order valence-electron chi connectivity index (χ1n) is 7.64. The van der Waals surface area contributed by atoms with Gasteiger partial charge in [0.05, 0.1) is 11.8 Å². The van der Waals surface area contributed by atoms with Crippen molar-refractivity contribution in [2.24, 2.45) is 5.92 Å². The molecule has 2 aromatic heterocycles. The molecule has 1 aliphatic rings. The van der Waals surface area contributed by atoms with Gasteiger partial charge in [0.1, 0.15) is 6.26 Å². The number of amides is 1. The smallest absolute Gasteiger partial charge is 0.227 e. The number of hydrogen-bond acceptors (Lipinski definition) is 6. The number of aromatic nitrogens is 2. The Labute approximate surface area is 140 Å². The first kappa shape index (κ1) is 17.5. The third-order valence-corrected chi connectivity index (χ3v) is 3.85. The second kappa shape index (κ2) is 8.69. The van der Waals surface area contributed by atoms with Gasteiger partial charge in [0.15, 0.2) is 0 Å². The summed E-state index contributed by atoms with van der Waals surface area (Å²) in [5, 5.41) is 10.1. The summed E-state index contributed by atoms with van der Waals surface area (Å²) < 4.78 is 10.1. The zero-order chi connectivity index (χ0) is 15.2. The van der Waals surface area contributed by atoms with E-state index >= 15 is 0 Å². The molecule has 1 fully saturated rings. The first-order valence-corrected chi connectivity index (χ1v) is 7.64. The monoisotopic (exact) mass is 340 g/mol. The minimum absolute atomic E-state index is 0. The van der Waals surface area contributed by atoms with Crippen LogP contribution in [0.15, 0.2) is 27.5 Å². The van der Waals surface area contributed by atoms with Crippen LogP contribution in [-0.4, -0.2) is 35.7 Å². The zero-order valence-electron chi connectivity index (χ0n) is 12.8. The summed E-state index contributed by atoms with van der Waals surface area (Å²) in [5.41, 5.74) is 0.768. The fourth-order valence-electron chi connectivity index (χ4n) is 2.55. The molecule has 2 aromatic rings. The summed E-state index contributed by atoms with van der Waals surface area (Å²) in [4.78, 5) is 16.0. The highest BCUT2D eigenvalue weighted by atomic mass is 35.5. The van der Waals surface area contributed by atoms with Crippen LogP contribution in [0.4, 0.5) is 0 Å². The molecule has 0 saturated carbocycles. The molecule has 0 spiro atoms. The maximum Gasteiger partial charge on any atom is 0.227 e. The molecule has 23 heavy (non-hydrogen) atoms. The SMILES string of the molecule is Cl.O=C(CCc1nc(-c2ccoc2)no1)NCCC1CCNC1. The second-order valence-corrected chi connectivity index (χ2v) is 5.52. The van der Waals surface area contributed by atoms with E-state index in [0.717, 1.165) is 31.6 Å². The van der Waals surface area contributed by atoms with Crippen molar-refractivity contribution in [3.8, 4) is 11.4 Å². The standard InChI is InChI=1S/C15H20N4O3.ClH/c20-13(17-7-4-11-3-6-16-9-11)1-2-14-18-15(19-22-14)12-5-8-21-10-12;/h5,8,10-11,16H,1-4,6-7,9H2,(H,17,20);1H. The fourth-order valence-corrected chi connectivity index (χ4v) is 2.55. The molecular weight excluding hydrogens is 320 g/mol. The number of aryl methyl sites for hydroxylation is 1. The van der Waals surface area contributed by atoms with Crippen molar-refractivity contribution < 1.29 is 13.7 Å². The Morgan fingerprint density at radius 1 is 1.48 bits per heavy atom. The van der Waals surface area contributed by atoms with Gasteiger partial charge in [0.2, 0.25) is 17.6 Å². The number of carbonyl (C=O) groups excluding carboxylic acids is 1. The molecule has 0 bridgehead atoms. The summed E-state index contributed by atoms with van der Waals surface area (Å²) in [7, 11) is 0. The second-order valence-electron chi connectivity index (χ2n) is 5.52. The number of hydrogen-bond donors (Lipinski definition) is 2. The van der Waals surface area contributed by atoms with Gasteiger partial charge < -0.3 is 19.6 Å². The summed E-state index contributed by atoms with van der Waals surface area (Å²) in [6.07, 6.45) is 6.15. The van der Waals surface area contributed by atoms with Crippen LogP contribution in [0.25, 0.3) is 11.4 Å². The van der Waals surface area contributed by atoms with Crippen LogP contribution in [0, 0.1) is 5.92 Å². The van der Waals surface area contributed by atoms with Crippen molar-refractivity contribution in [2.45, 2.75) is 25.7 Å². The number of nitrogens with one attached hydrogen (secondary N) is 2. The normalized spacial score (nSPS) is 17.0. The molecule has 1 aliphatic heterocycles. The Kier molecular flexibility index (Phi) is 6.61. The molecule has 0 aromatic carbocycles. The highest BCUT2D eigenvalue weighted by Crippen LogP contribution is 2.16. The van der Waals surface area contributed by atoms with Crippen LogP contribution < -0.4 is 10.6 Å². The lowest BCUT2D eigenvalue weighted by Crippen LogP contribution is -2.26. The van der Waals surface area contributed by atoms with Gasteiger partial charge in [-0.05, 0) is 37.9 Å². The molecule has 126 valence electrons. The van der Waals surface area contributed by atoms with Gasteiger partial charge in [-0.15, -0.1) is 12.4 Å². The van der Waals surface area contributed by atoms with Crippen molar-refractivity contribution in [1.82, 2.24) is 20.8 Å². The minimum Gasteiger partial charge on any atom is -0.472 e. The van der Waals surface area contributed by atoms with Crippen LogP contribution >= 0.6 is 12.4 Å². The van der Waals surface area contributed by atoms with E-state index in [4.69, 9.17) is 8.94 Å². The number of halogens is 1. The van der Waals surface area contributed by atoms with Gasteiger partial charge in [0.25, 0.3) is 0 Å². The van der Waals surface area contributed by atoms with Gasteiger partial charge in [-0.1, -0.05) is 5.16 Å². The van der Waals surface area contributed by atoms with E-state index in [2.05, 4.69) is 20.8 Å². The fraction of sp³-hybridized carbons (Fsp3) is 0.533. The van der Waals surface area contributed by atoms with Crippen LogP contribution in [0.5, 0.6) is 0 Å². The first-order chi connectivity index (χ1) is 10.8. The summed E-state index contributed by atoms with van der Waals surface area (Å²) in [6.45, 7) is 2.89. The molecule has 1 saturated heterocycles. The third kappa shape index (κ3) is 5.07. The molecule has 3 rings (SSSR count). The van der Waals surface area contributed by atoms with E-state index in [1.54, 1.807) is 18.6 Å². The highest BCUT2D eigenvalue weighted by molar-refractivity contribution is 5.85. The predicted molar refractivity (Wildman–Crippen MR) is 86.2 cm³/mol. The van der Waals surface area contributed by atoms with Gasteiger partial charge in [0, 0.05) is 19.4 Å². The van der Waals surface area contributed by atoms with Crippen molar-refractivity contribution in [3.05, 3.63) is 24.5 Å². The highest BCUT2D eigenvalue weighted by Gasteiger charge is 2.15. The summed E-state index contributed by atoms with van der Waals surface area (Å²) in [5.74, 6) is 1.66. The lowest BCUT2D eigenvalue weighted by molar-refractivity contribution is -0.121. The maximum absolute atomic E-state index is 11.8. The van der Waals surface area contributed by atoms with E-state index in [9.17, 15) is 4.79 Å². The number of furan rings is 1. The van der Waals surface area contributed by atoms with Crippen LogP contribution in [0.3, 0.4) is 0 Å². The Bertz CT molecular complexity index is 594. The molecule has 0 radical (unpaired) electrons. The predicted octanol–water partition coefficient (Wildman–Crippen LogP) is 1.80. The van der Waals surface area contributed by atoms with Gasteiger partial charge in [-0.2, -0.15) is 4.98 Å². The van der Waals surface area contributed by atoms with Gasteiger partial charge >= 0.3 is 0 Å². The molecule has 0 aliphatic carbocycles. The number of nitrogens with zero attached hydrogens (tertiary/aromatic N) is 2. The Morgan fingerprint density at radius 2 is 2.39 bits per heavy atom. The largest absolute Gasteiger partial charge is 0.472 e. The maximum atomic E-state index is 11.8. The Hall–Kier alpha value is -1.86. The molecule has 1 unspecified atom stereocenters. The van der Waals surface area contributed by atoms with E-state index in [1.807, 2.05) is 0 Å². The Morgan fingerprint density at radius 3 is 3.13 bits per heavy atom. The number of carbonyl (C=O) groups is 1. The quantitative estimate of drug-likeness (QED) is 0.798. The average Bonchev–Trinajstić information content (AvgIpc) is 3.26. The molecule has 8 heteroatoms. The summed E-state index contributed by atoms with van der Waals surface area (Å²) in [6, 6.07) is 1.76. The lowest BCUT2D eigenvalue weighted by atomic mass is 10.1. The molecule has 1 atom stereocenters. The van der Waals surface area contributed by atoms with Crippen molar-refractivity contribution in [2.75, 3.05) is 19.6 Å². The van der Waals surface area contributed by atoms with Crippen molar-refractivity contribution in [3.63, 3.8) is 0 Å². The van der Waals surface area contributed by atoms with Crippen LogP contribution in [0.1, 0.15) is 25.2 Å². The van der Waals surface area contributed by atoms with Crippen LogP contribution in [0.2, 0.25) is 0 Å². The summed E-state index contributed by atoms with van der Waals surface area (Å²) >= 11 is 0. The lowest BCUT2D eigenvalue weighted by Gasteiger charge is -2.08. The number of rotatable bonds is 7. The topological polar surface area (TPSA) is 93.2 Å². The third-order valence-electron chi connectivity index (χ3n) is 3.85. The van der Waals surface area contributed by atoms with Gasteiger partial charge in [-0.3, -0.25) is 4.79 Å². The minimum atomic E-state index is 0. The molecule has 3 heterocycles. The molecule has 2 N–H and O–H groups in total. The van der Waals surface area contributed by atoms with E-state index < -0.39 is 0 Å².